The Morgan fingerprint density at radius 1 is 1.67 bits per heavy atom. The van der Waals surface area contributed by atoms with Gasteiger partial charge in [-0.1, -0.05) is 18.5 Å². The van der Waals surface area contributed by atoms with Gasteiger partial charge in [0.25, 0.3) is 0 Å². The largest absolute Gasteiger partial charge is 0.477 e. The van der Waals surface area contributed by atoms with E-state index in [-0.39, 0.29) is 5.56 Å². The molecule has 0 aliphatic rings. The minimum Gasteiger partial charge on any atom is -0.477 e. The molecule has 0 fully saturated rings. The van der Waals surface area contributed by atoms with E-state index in [0.717, 1.165) is 6.42 Å². The van der Waals surface area contributed by atoms with E-state index in [2.05, 4.69) is 5.16 Å². The number of nitrogens with zero attached hydrogens (tertiary/aromatic N) is 1. The lowest BCUT2D eigenvalue weighted by atomic mass is 10.1. The van der Waals surface area contributed by atoms with Crippen molar-refractivity contribution in [3.05, 3.63) is 17.0 Å². The van der Waals surface area contributed by atoms with Gasteiger partial charge in [0.05, 0.1) is 5.69 Å². The fraction of sp³-hybridized carbons (Fsp3) is 0.500. The van der Waals surface area contributed by atoms with Crippen LogP contribution in [0.15, 0.2) is 4.52 Å². The first-order chi connectivity index (χ1) is 5.66. The second kappa shape index (κ2) is 3.38. The maximum atomic E-state index is 10.7. The van der Waals surface area contributed by atoms with Crippen molar-refractivity contribution in [3.8, 4) is 0 Å². The first-order valence-corrected chi connectivity index (χ1v) is 3.85. The number of aromatic nitrogens is 1. The molecule has 0 spiro atoms. The Kier molecular flexibility index (Phi) is 2.47. The minimum atomic E-state index is -0.961. The molecule has 12 heavy (non-hydrogen) atoms. The van der Waals surface area contributed by atoms with Gasteiger partial charge in [-0.05, 0) is 13.3 Å². The molecule has 0 atom stereocenters. The fourth-order valence-corrected chi connectivity index (χ4v) is 1.10. The van der Waals surface area contributed by atoms with Crippen molar-refractivity contribution in [1.82, 2.24) is 5.16 Å². The third-order valence-electron chi connectivity index (χ3n) is 1.63. The number of rotatable bonds is 3. The van der Waals surface area contributed by atoms with E-state index in [1.807, 2.05) is 6.92 Å². The van der Waals surface area contributed by atoms with Gasteiger partial charge >= 0.3 is 5.97 Å². The molecule has 0 radical (unpaired) electrons. The van der Waals surface area contributed by atoms with Gasteiger partial charge in [-0.2, -0.15) is 0 Å². The molecule has 1 aromatic heterocycles. The average Bonchev–Trinajstić information content (AvgIpc) is 2.32. The summed E-state index contributed by atoms with van der Waals surface area (Å²) in [6.45, 7) is 3.57. The van der Waals surface area contributed by atoms with Crippen molar-refractivity contribution in [1.29, 1.82) is 0 Å². The normalized spacial score (nSPS) is 10.2. The molecule has 0 saturated heterocycles. The molecular formula is C8H11NO3. The van der Waals surface area contributed by atoms with Gasteiger partial charge in [-0.25, -0.2) is 4.79 Å². The topological polar surface area (TPSA) is 63.3 Å². The maximum absolute atomic E-state index is 10.7. The molecule has 0 unspecified atom stereocenters. The number of hydrogen-bond acceptors (Lipinski definition) is 3. The van der Waals surface area contributed by atoms with E-state index in [1.54, 1.807) is 6.92 Å². The van der Waals surface area contributed by atoms with Gasteiger partial charge < -0.3 is 9.63 Å². The van der Waals surface area contributed by atoms with Crippen molar-refractivity contribution in [2.75, 3.05) is 0 Å². The van der Waals surface area contributed by atoms with Gasteiger partial charge in [0.1, 0.15) is 11.3 Å². The smallest absolute Gasteiger partial charge is 0.341 e. The summed E-state index contributed by atoms with van der Waals surface area (Å²) in [5.74, 6) is -0.580. The molecule has 0 saturated carbocycles. The van der Waals surface area contributed by atoms with Crippen molar-refractivity contribution >= 4 is 5.97 Å². The predicted molar refractivity (Wildman–Crippen MR) is 42.2 cm³/mol. The molecule has 0 amide bonds. The molecule has 0 aliphatic heterocycles. The first kappa shape index (κ1) is 8.77. The van der Waals surface area contributed by atoms with Crippen LogP contribution < -0.4 is 0 Å². The molecule has 4 heteroatoms. The number of hydrogen-bond donors (Lipinski definition) is 1. The Bertz CT molecular complexity index is 290. The van der Waals surface area contributed by atoms with E-state index in [4.69, 9.17) is 9.63 Å². The predicted octanol–water partition coefficient (Wildman–Crippen LogP) is 1.63. The third kappa shape index (κ3) is 1.47. The van der Waals surface area contributed by atoms with E-state index < -0.39 is 5.97 Å². The Hall–Kier alpha value is -1.32. The lowest BCUT2D eigenvalue weighted by Crippen LogP contribution is -2.01. The molecule has 4 nitrogen and oxygen atoms in total. The molecule has 1 aromatic rings. The summed E-state index contributed by atoms with van der Waals surface area (Å²) < 4.78 is 4.78. The molecule has 0 aliphatic carbocycles. The minimum absolute atomic E-state index is 0.219. The summed E-state index contributed by atoms with van der Waals surface area (Å²) in [4.78, 5) is 10.7. The summed E-state index contributed by atoms with van der Waals surface area (Å²) in [7, 11) is 0. The SMILES string of the molecule is CCCc1noc(C)c1C(=O)O. The molecule has 1 heterocycles. The van der Waals surface area contributed by atoms with Crippen LogP contribution in [0, 0.1) is 6.92 Å². The van der Waals surface area contributed by atoms with Crippen LogP contribution in [0.5, 0.6) is 0 Å². The highest BCUT2D eigenvalue weighted by atomic mass is 16.5. The van der Waals surface area contributed by atoms with Crippen LogP contribution in [0.1, 0.15) is 35.2 Å². The zero-order valence-corrected chi connectivity index (χ0v) is 7.13. The monoisotopic (exact) mass is 169 g/mol. The van der Waals surface area contributed by atoms with Crippen molar-refractivity contribution < 1.29 is 14.4 Å². The van der Waals surface area contributed by atoms with Crippen molar-refractivity contribution in [2.45, 2.75) is 26.7 Å². The van der Waals surface area contributed by atoms with E-state index >= 15 is 0 Å². The van der Waals surface area contributed by atoms with E-state index in [9.17, 15) is 4.79 Å². The van der Waals surface area contributed by atoms with Gasteiger partial charge in [-0.15, -0.1) is 0 Å². The number of aryl methyl sites for hydroxylation is 2. The Balaban J connectivity index is 3.04. The molecule has 1 N–H and O–H groups in total. The molecular weight excluding hydrogens is 158 g/mol. The van der Waals surface area contributed by atoms with Crippen LogP contribution in [0.4, 0.5) is 0 Å². The zero-order chi connectivity index (χ0) is 9.14. The van der Waals surface area contributed by atoms with Crippen LogP contribution in [-0.2, 0) is 6.42 Å². The van der Waals surface area contributed by atoms with Gasteiger partial charge in [0.15, 0.2) is 0 Å². The van der Waals surface area contributed by atoms with Crippen LogP contribution in [0.2, 0.25) is 0 Å². The summed E-state index contributed by atoms with van der Waals surface area (Å²) in [5, 5.41) is 12.4. The molecule has 1 rings (SSSR count). The van der Waals surface area contributed by atoms with Crippen LogP contribution in [-0.4, -0.2) is 16.2 Å². The highest BCUT2D eigenvalue weighted by Crippen LogP contribution is 2.14. The van der Waals surface area contributed by atoms with Crippen LogP contribution >= 0.6 is 0 Å². The van der Waals surface area contributed by atoms with Crippen molar-refractivity contribution in [2.24, 2.45) is 0 Å². The Labute approximate surface area is 70.2 Å². The standard InChI is InChI=1S/C8H11NO3/c1-3-4-6-7(8(10)11)5(2)12-9-6/h3-4H2,1-2H3,(H,10,11). The van der Waals surface area contributed by atoms with Crippen LogP contribution in [0.25, 0.3) is 0 Å². The third-order valence-corrected chi connectivity index (χ3v) is 1.63. The number of carboxylic acid groups (broad SMARTS) is 1. The zero-order valence-electron chi connectivity index (χ0n) is 7.13. The Morgan fingerprint density at radius 3 is 2.83 bits per heavy atom. The lowest BCUT2D eigenvalue weighted by molar-refractivity contribution is 0.0694. The summed E-state index contributed by atoms with van der Waals surface area (Å²) in [6, 6.07) is 0. The molecule has 0 aromatic carbocycles. The summed E-state index contributed by atoms with van der Waals surface area (Å²) in [5.41, 5.74) is 0.763. The van der Waals surface area contributed by atoms with Gasteiger partial charge in [0, 0.05) is 0 Å². The second-order valence-corrected chi connectivity index (χ2v) is 2.62. The maximum Gasteiger partial charge on any atom is 0.341 e. The summed E-state index contributed by atoms with van der Waals surface area (Å²) in [6.07, 6.45) is 1.52. The average molecular weight is 169 g/mol. The number of carboxylic acids is 1. The first-order valence-electron chi connectivity index (χ1n) is 3.85. The number of carbonyl (C=O) groups is 1. The fourth-order valence-electron chi connectivity index (χ4n) is 1.10. The highest BCUT2D eigenvalue weighted by molar-refractivity contribution is 5.89. The highest BCUT2D eigenvalue weighted by Gasteiger charge is 2.17. The van der Waals surface area contributed by atoms with Crippen LogP contribution in [0.3, 0.4) is 0 Å². The number of aromatic carboxylic acids is 1. The van der Waals surface area contributed by atoms with Crippen molar-refractivity contribution in [3.63, 3.8) is 0 Å². The second-order valence-electron chi connectivity index (χ2n) is 2.62. The quantitative estimate of drug-likeness (QED) is 0.746. The van der Waals surface area contributed by atoms with E-state index in [0.29, 0.717) is 17.9 Å². The lowest BCUT2D eigenvalue weighted by Gasteiger charge is -1.92. The summed E-state index contributed by atoms with van der Waals surface area (Å²) >= 11 is 0. The van der Waals surface area contributed by atoms with Gasteiger partial charge in [0.2, 0.25) is 0 Å². The molecule has 0 bridgehead atoms. The van der Waals surface area contributed by atoms with Gasteiger partial charge in [-0.3, -0.25) is 0 Å². The molecule has 66 valence electrons. The van der Waals surface area contributed by atoms with E-state index in [1.165, 1.54) is 0 Å². The Morgan fingerprint density at radius 2 is 2.33 bits per heavy atom.